The standard InChI is InChI=1S/C19H23ClN4O2/c1-24(2)11-3-9-22-19(26)17-12-15(8-10-21-17)18(25)23-13-14-4-6-16(20)7-5-14/h4-8,10,12H,3,9,11,13H2,1-2H3,(H,22,26)(H,23,25). The molecule has 0 aliphatic carbocycles. The Morgan fingerprint density at radius 1 is 1.08 bits per heavy atom. The smallest absolute Gasteiger partial charge is 0.269 e. The van der Waals surface area contributed by atoms with Gasteiger partial charge in [-0.1, -0.05) is 23.7 Å². The lowest BCUT2D eigenvalue weighted by Gasteiger charge is -2.10. The molecule has 0 saturated carbocycles. The lowest BCUT2D eigenvalue weighted by atomic mass is 10.2. The first-order chi connectivity index (χ1) is 12.5. The Kier molecular flexibility index (Phi) is 7.56. The largest absolute Gasteiger partial charge is 0.351 e. The van der Waals surface area contributed by atoms with E-state index in [0.717, 1.165) is 18.5 Å². The summed E-state index contributed by atoms with van der Waals surface area (Å²) in [5, 5.41) is 6.28. The summed E-state index contributed by atoms with van der Waals surface area (Å²) in [6.45, 7) is 1.83. The van der Waals surface area contributed by atoms with Crippen LogP contribution in [-0.2, 0) is 6.54 Å². The van der Waals surface area contributed by atoms with Gasteiger partial charge in [0.25, 0.3) is 11.8 Å². The van der Waals surface area contributed by atoms with Crippen molar-refractivity contribution in [3.8, 4) is 0 Å². The van der Waals surface area contributed by atoms with Gasteiger partial charge in [-0.05, 0) is 56.9 Å². The van der Waals surface area contributed by atoms with Gasteiger partial charge in [0.05, 0.1) is 0 Å². The molecule has 6 nitrogen and oxygen atoms in total. The van der Waals surface area contributed by atoms with E-state index in [2.05, 4.69) is 20.5 Å². The number of aromatic nitrogens is 1. The summed E-state index contributed by atoms with van der Waals surface area (Å²) in [6, 6.07) is 10.3. The van der Waals surface area contributed by atoms with Crippen LogP contribution >= 0.6 is 11.6 Å². The lowest BCUT2D eigenvalue weighted by molar-refractivity contribution is 0.0947. The number of benzene rings is 1. The van der Waals surface area contributed by atoms with Crippen molar-refractivity contribution in [2.45, 2.75) is 13.0 Å². The quantitative estimate of drug-likeness (QED) is 0.695. The number of carbonyl (C=O) groups is 2. The van der Waals surface area contributed by atoms with Crippen LogP contribution in [0, 0.1) is 0 Å². The van der Waals surface area contributed by atoms with Crippen LogP contribution in [0.25, 0.3) is 0 Å². The minimum absolute atomic E-state index is 0.231. The minimum Gasteiger partial charge on any atom is -0.351 e. The Bertz CT molecular complexity index is 747. The minimum atomic E-state index is -0.281. The zero-order chi connectivity index (χ0) is 18.9. The van der Waals surface area contributed by atoms with Crippen LogP contribution in [0.2, 0.25) is 5.02 Å². The van der Waals surface area contributed by atoms with E-state index in [-0.39, 0.29) is 17.5 Å². The molecule has 26 heavy (non-hydrogen) atoms. The topological polar surface area (TPSA) is 74.3 Å². The van der Waals surface area contributed by atoms with Crippen LogP contribution < -0.4 is 10.6 Å². The molecule has 138 valence electrons. The van der Waals surface area contributed by atoms with E-state index in [1.54, 1.807) is 18.2 Å². The van der Waals surface area contributed by atoms with E-state index in [0.29, 0.717) is 23.7 Å². The number of pyridine rings is 1. The van der Waals surface area contributed by atoms with Gasteiger partial charge in [-0.2, -0.15) is 0 Å². The number of rotatable bonds is 8. The molecule has 0 saturated heterocycles. The molecule has 1 aromatic carbocycles. The molecular weight excluding hydrogens is 352 g/mol. The van der Waals surface area contributed by atoms with E-state index in [4.69, 9.17) is 11.6 Å². The van der Waals surface area contributed by atoms with Crippen molar-refractivity contribution in [2.75, 3.05) is 27.2 Å². The average molecular weight is 375 g/mol. The van der Waals surface area contributed by atoms with Crippen molar-refractivity contribution in [2.24, 2.45) is 0 Å². The lowest BCUT2D eigenvalue weighted by Crippen LogP contribution is -2.28. The second-order valence-electron chi connectivity index (χ2n) is 6.15. The normalized spacial score (nSPS) is 10.6. The third-order valence-electron chi connectivity index (χ3n) is 3.69. The van der Waals surface area contributed by atoms with Crippen molar-refractivity contribution in [3.05, 3.63) is 64.4 Å². The molecule has 2 amide bonds. The molecule has 1 heterocycles. The first-order valence-corrected chi connectivity index (χ1v) is 8.75. The van der Waals surface area contributed by atoms with Gasteiger partial charge in [0.15, 0.2) is 0 Å². The van der Waals surface area contributed by atoms with E-state index in [1.807, 2.05) is 26.2 Å². The summed E-state index contributed by atoms with van der Waals surface area (Å²) in [4.78, 5) is 30.5. The van der Waals surface area contributed by atoms with Crippen molar-refractivity contribution < 1.29 is 9.59 Å². The third-order valence-corrected chi connectivity index (χ3v) is 3.94. The summed E-state index contributed by atoms with van der Waals surface area (Å²) in [7, 11) is 3.96. The highest BCUT2D eigenvalue weighted by molar-refractivity contribution is 6.30. The van der Waals surface area contributed by atoms with Gasteiger partial charge in [0, 0.05) is 29.9 Å². The maximum Gasteiger partial charge on any atom is 0.269 e. The summed E-state index contributed by atoms with van der Waals surface area (Å²) in [6.07, 6.45) is 2.31. The first kappa shape index (κ1) is 19.9. The van der Waals surface area contributed by atoms with Crippen molar-refractivity contribution in [1.82, 2.24) is 20.5 Å². The molecular formula is C19H23ClN4O2. The van der Waals surface area contributed by atoms with Crippen LogP contribution in [0.4, 0.5) is 0 Å². The van der Waals surface area contributed by atoms with Crippen LogP contribution in [0.15, 0.2) is 42.6 Å². The SMILES string of the molecule is CN(C)CCCNC(=O)c1cc(C(=O)NCc2ccc(Cl)cc2)ccn1. The van der Waals surface area contributed by atoms with E-state index in [9.17, 15) is 9.59 Å². The second kappa shape index (κ2) is 9.89. The highest BCUT2D eigenvalue weighted by Crippen LogP contribution is 2.09. The predicted octanol–water partition coefficient (Wildman–Crippen LogP) is 2.35. The fraction of sp³-hybridized carbons (Fsp3) is 0.316. The predicted molar refractivity (Wildman–Crippen MR) is 102 cm³/mol. The molecule has 0 radical (unpaired) electrons. The van der Waals surface area contributed by atoms with Crippen molar-refractivity contribution in [1.29, 1.82) is 0 Å². The van der Waals surface area contributed by atoms with Gasteiger partial charge in [-0.25, -0.2) is 0 Å². The number of hydrogen-bond acceptors (Lipinski definition) is 4. The molecule has 0 spiro atoms. The van der Waals surface area contributed by atoms with E-state index >= 15 is 0 Å². The molecule has 2 aromatic rings. The Balaban J connectivity index is 1.89. The van der Waals surface area contributed by atoms with Gasteiger partial charge in [-0.3, -0.25) is 14.6 Å². The number of nitrogens with zero attached hydrogens (tertiary/aromatic N) is 2. The third kappa shape index (κ3) is 6.46. The fourth-order valence-corrected chi connectivity index (χ4v) is 2.40. The maximum absolute atomic E-state index is 12.3. The Morgan fingerprint density at radius 3 is 2.50 bits per heavy atom. The molecule has 0 aliphatic heterocycles. The summed E-state index contributed by atoms with van der Waals surface area (Å²) in [5.74, 6) is -0.542. The van der Waals surface area contributed by atoms with Crippen LogP contribution in [0.3, 0.4) is 0 Å². The summed E-state index contributed by atoms with van der Waals surface area (Å²) >= 11 is 5.84. The second-order valence-corrected chi connectivity index (χ2v) is 6.59. The van der Waals surface area contributed by atoms with E-state index in [1.165, 1.54) is 12.3 Å². The van der Waals surface area contributed by atoms with E-state index < -0.39 is 0 Å². The molecule has 0 unspecified atom stereocenters. The van der Waals surface area contributed by atoms with Gasteiger partial charge in [0.2, 0.25) is 0 Å². The van der Waals surface area contributed by atoms with Gasteiger partial charge >= 0.3 is 0 Å². The van der Waals surface area contributed by atoms with Crippen LogP contribution in [0.1, 0.15) is 32.8 Å². The number of amides is 2. The zero-order valence-electron chi connectivity index (χ0n) is 15.0. The van der Waals surface area contributed by atoms with Gasteiger partial charge in [-0.15, -0.1) is 0 Å². The van der Waals surface area contributed by atoms with Crippen LogP contribution in [-0.4, -0.2) is 48.9 Å². The van der Waals surface area contributed by atoms with Gasteiger partial charge < -0.3 is 15.5 Å². The van der Waals surface area contributed by atoms with Crippen molar-refractivity contribution in [3.63, 3.8) is 0 Å². The van der Waals surface area contributed by atoms with Crippen LogP contribution in [0.5, 0.6) is 0 Å². The fourth-order valence-electron chi connectivity index (χ4n) is 2.27. The monoisotopic (exact) mass is 374 g/mol. The van der Waals surface area contributed by atoms with Crippen molar-refractivity contribution >= 4 is 23.4 Å². The molecule has 0 aliphatic rings. The maximum atomic E-state index is 12.3. The number of halogens is 1. The molecule has 2 rings (SSSR count). The molecule has 0 atom stereocenters. The summed E-state index contributed by atoms with van der Waals surface area (Å²) in [5.41, 5.74) is 1.57. The molecule has 0 fully saturated rings. The highest BCUT2D eigenvalue weighted by atomic mass is 35.5. The molecule has 1 aromatic heterocycles. The summed E-state index contributed by atoms with van der Waals surface area (Å²) < 4.78 is 0. The number of hydrogen-bond donors (Lipinski definition) is 2. The zero-order valence-corrected chi connectivity index (χ0v) is 15.7. The Labute approximate surface area is 158 Å². The Morgan fingerprint density at radius 2 is 1.81 bits per heavy atom. The first-order valence-electron chi connectivity index (χ1n) is 8.37. The molecule has 2 N–H and O–H groups in total. The Hall–Kier alpha value is -2.44. The number of nitrogens with one attached hydrogen (secondary N) is 2. The average Bonchev–Trinajstić information content (AvgIpc) is 2.64. The highest BCUT2D eigenvalue weighted by Gasteiger charge is 2.11. The molecule has 7 heteroatoms. The van der Waals surface area contributed by atoms with Gasteiger partial charge in [0.1, 0.15) is 5.69 Å². The molecule has 0 bridgehead atoms. The number of carbonyl (C=O) groups excluding carboxylic acids is 2.